The standard InChI is InChI=1S/2C10H22O.2C9H20O.C8H16O.2C8H18O.C7H14O.3C7H16O.3C6H14O.C5H12O/c1-9(2,3)7-6-8-10(4,5)11;1-6-8-10(11,7-2)9(3,4)5;1-8(2,3)6-7-9(4,5)10;1-6-7-9(5,10)8(2,3)4;1-7(2,3)8(4)5-6(8)9;1-7(2,3)6-8(4,5)9;1-6-8(5,9)7(2,3)4;1-6(2,3)7(8)4-5-7;3*1-6(2,3)7(4,5)8;1-6(2,3)4-5-7;2*1-5(7)6(2,3)4;1-5(2,3)4-6/h2*11H,6-8H2,1-5H3;2*10H,6-7H2,1-5H3;6,9H,5H2,1-4H3;2*9H,6H2,1-5H3;8H,4-5H2,1-3H3;3*8H,1-5H3;7H,4-5H2,1-3H3;2*5,7H,1-4H3;6H,4H2,1-3H3/i;;;;;;;;4D3;;;;5D;;. The molecule has 0 amide bonds. The van der Waals surface area contributed by atoms with Gasteiger partial charge in [-0.2, -0.15) is 0 Å². The summed E-state index contributed by atoms with van der Waals surface area (Å²) >= 11 is 0. The van der Waals surface area contributed by atoms with Gasteiger partial charge in [0.25, 0.3) is 0 Å². The van der Waals surface area contributed by atoms with Crippen molar-refractivity contribution < 1.29 is 82.1 Å². The van der Waals surface area contributed by atoms with E-state index in [4.69, 9.17) is 25.9 Å². The molecule has 2 fully saturated rings. The van der Waals surface area contributed by atoms with E-state index in [-0.39, 0.29) is 89.4 Å². The van der Waals surface area contributed by atoms with E-state index in [2.05, 4.69) is 215 Å². The molecule has 0 aromatic heterocycles. The van der Waals surface area contributed by atoms with Gasteiger partial charge in [-0.25, -0.2) is 0 Å². The van der Waals surface area contributed by atoms with Crippen LogP contribution < -0.4 is 0 Å². The molecule has 0 heterocycles. The van der Waals surface area contributed by atoms with E-state index in [1.54, 1.807) is 27.7 Å². The molecular weight excluding hydrogens is 1600 g/mol. The van der Waals surface area contributed by atoms with Gasteiger partial charge >= 0.3 is 0 Å². The Kier molecular flexibility index (Phi) is 67.8. The third kappa shape index (κ3) is 99.9. The summed E-state index contributed by atoms with van der Waals surface area (Å²) < 4.78 is 28.4. The number of rotatable bonds is 13. The highest BCUT2D eigenvalue weighted by molar-refractivity contribution is 5.06. The summed E-state index contributed by atoms with van der Waals surface area (Å²) in [5.41, 5.74) is -5.00. The molecule has 8 atom stereocenters. The molecule has 2 aliphatic rings. The molecule has 0 aromatic rings. The lowest BCUT2D eigenvalue weighted by molar-refractivity contribution is -0.0678. The monoisotopic (exact) mass is 1850 g/mol. The molecule has 0 bridgehead atoms. The summed E-state index contributed by atoms with van der Waals surface area (Å²) in [5.74, 6) is 0. The first-order chi connectivity index (χ1) is 55.8. The third-order valence-corrected chi connectivity index (χ3v) is 25.3. The van der Waals surface area contributed by atoms with Gasteiger partial charge in [0, 0.05) is 22.7 Å². The minimum atomic E-state index is -2.31. The number of aliphatic hydroxyl groups is 15. The predicted molar refractivity (Wildman–Crippen MR) is 569 cm³/mol. The zero-order valence-electron chi connectivity index (χ0n) is 104. The SMILES string of the molecule is CC(C)(C)C(C)(C)O.CC(C)(C)C(C)(C)O.CC(C)(C)C1(C)CC1O.CC(C)(C)C1(O)CC1.CC(C)(C)CC(C)(C)O.CC(C)(C)CCC(C)(C)O.CC(C)(C)CCCC(C)(C)O.CC(C)(C)CCO.CC(C)(C)CO.CC(O)C(C)(C)C.CCC(C)(O)C(C)(C)C.CCCC(C)(O)C(C)(C)C.CCCC(O)(CC)C(C)(C)C.[2H]C(C)(O)C(C)(C)C.[2H]C([2H])([2H])C(C)(O)C(C)(C)C. The fourth-order valence-electron chi connectivity index (χ4n) is 8.27. The Morgan fingerprint density at radius 3 is 0.648 bits per heavy atom. The van der Waals surface area contributed by atoms with E-state index in [1.165, 1.54) is 20.3 Å². The number of hydrogen-bond acceptors (Lipinski definition) is 15. The summed E-state index contributed by atoms with van der Waals surface area (Å²) in [4.78, 5) is 0. The van der Waals surface area contributed by atoms with Crippen molar-refractivity contribution in [1.82, 2.24) is 0 Å². The van der Waals surface area contributed by atoms with Crippen LogP contribution in [0.4, 0.5) is 0 Å². The molecule has 794 valence electrons. The molecule has 0 saturated heterocycles. The van der Waals surface area contributed by atoms with Crippen molar-refractivity contribution in [3.05, 3.63) is 0 Å². The van der Waals surface area contributed by atoms with Gasteiger partial charge < -0.3 is 76.6 Å². The quantitative estimate of drug-likeness (QED) is 0.0815. The van der Waals surface area contributed by atoms with Crippen LogP contribution in [-0.4, -0.2) is 164 Å². The maximum absolute atomic E-state index is 10.2. The fraction of sp³-hybridized carbons (Fsp3) is 1.00. The van der Waals surface area contributed by atoms with Gasteiger partial charge in [-0.1, -0.05) is 365 Å². The fourth-order valence-corrected chi connectivity index (χ4v) is 8.27. The second-order valence-corrected chi connectivity index (χ2v) is 57.9. The van der Waals surface area contributed by atoms with Crippen LogP contribution in [0.1, 0.15) is 565 Å². The first kappa shape index (κ1) is 145. The van der Waals surface area contributed by atoms with E-state index in [0.717, 1.165) is 96.3 Å². The zero-order chi connectivity index (χ0) is 112. The van der Waals surface area contributed by atoms with Crippen LogP contribution in [0.25, 0.3) is 0 Å². The van der Waals surface area contributed by atoms with Crippen LogP contribution in [-0.2, 0) is 0 Å². The van der Waals surface area contributed by atoms with Crippen LogP contribution in [0.2, 0.25) is 0 Å². The summed E-state index contributed by atoms with van der Waals surface area (Å²) in [7, 11) is 0. The molecule has 0 aromatic carbocycles. The van der Waals surface area contributed by atoms with Crippen molar-refractivity contribution in [1.29, 1.82) is 0 Å². The first-order valence-corrected chi connectivity index (χ1v) is 49.3. The normalized spacial score (nSPS) is 19.1. The Morgan fingerprint density at radius 2 is 0.602 bits per heavy atom. The molecule has 0 aliphatic heterocycles. The summed E-state index contributed by atoms with van der Waals surface area (Å²) in [5, 5.41) is 140. The Bertz CT molecular complexity index is 2580. The number of aliphatic hydroxyl groups excluding tert-OH is 4. The van der Waals surface area contributed by atoms with E-state index >= 15 is 0 Å². The van der Waals surface area contributed by atoms with Gasteiger partial charge in [0.15, 0.2) is 0 Å². The molecule has 15 nitrogen and oxygen atoms in total. The molecule has 15 heteroatoms. The molecule has 128 heavy (non-hydrogen) atoms. The average Bonchev–Trinajstić information content (AvgIpc) is 1.59. The smallest absolute Gasteiger partial charge is 0.0697 e. The molecule has 15 N–H and O–H groups in total. The van der Waals surface area contributed by atoms with Crippen molar-refractivity contribution in [3.8, 4) is 0 Å². The molecule has 8 unspecified atom stereocenters. The molecule has 2 saturated carbocycles. The van der Waals surface area contributed by atoms with Crippen molar-refractivity contribution in [3.63, 3.8) is 0 Å². The highest BCUT2D eigenvalue weighted by Crippen LogP contribution is 2.58. The number of hydrogen-bond donors (Lipinski definition) is 15. The summed E-state index contributed by atoms with van der Waals surface area (Å²) in [6, 6.07) is 0. The van der Waals surface area contributed by atoms with Gasteiger partial charge in [-0.3, -0.25) is 0 Å². The van der Waals surface area contributed by atoms with Crippen LogP contribution >= 0.6 is 0 Å². The Balaban J connectivity index is -0.000000105. The molecule has 0 spiro atoms. The Hall–Kier alpha value is -0.600. The van der Waals surface area contributed by atoms with Crippen molar-refractivity contribution in [2.24, 2.45) is 86.6 Å². The van der Waals surface area contributed by atoms with E-state index in [9.17, 15) is 56.2 Å². The highest BCUT2D eigenvalue weighted by Gasteiger charge is 2.56. The predicted octanol–water partition coefficient (Wildman–Crippen LogP) is 29.5. The van der Waals surface area contributed by atoms with Crippen LogP contribution in [0.3, 0.4) is 0 Å². The minimum Gasteiger partial charge on any atom is -0.396 e. The molecule has 2 rings (SSSR count). The van der Waals surface area contributed by atoms with Crippen LogP contribution in [0.5, 0.6) is 0 Å². The highest BCUT2D eigenvalue weighted by atomic mass is 16.3. The van der Waals surface area contributed by atoms with E-state index in [1.807, 2.05) is 194 Å². The lowest BCUT2D eigenvalue weighted by atomic mass is 9.72. The second kappa shape index (κ2) is 59.7. The van der Waals surface area contributed by atoms with Crippen LogP contribution in [0, 0.1) is 86.6 Å². The summed E-state index contributed by atoms with van der Waals surface area (Å²) in [6.45, 7) is 128. The van der Waals surface area contributed by atoms with Gasteiger partial charge in [0.1, 0.15) is 0 Å². The maximum Gasteiger partial charge on any atom is 0.0697 e. The molecule has 0 radical (unpaired) electrons. The largest absolute Gasteiger partial charge is 0.396 e. The molecular formula is C113H252O15. The van der Waals surface area contributed by atoms with Crippen molar-refractivity contribution >= 4 is 0 Å². The second-order valence-electron chi connectivity index (χ2n) is 57.9. The maximum atomic E-state index is 10.2. The lowest BCUT2D eigenvalue weighted by Crippen LogP contribution is -2.41. The van der Waals surface area contributed by atoms with Crippen LogP contribution in [0.15, 0.2) is 0 Å². The van der Waals surface area contributed by atoms with Gasteiger partial charge in [-0.05, 0) is 275 Å². The van der Waals surface area contributed by atoms with E-state index < -0.39 is 68.8 Å². The average molecular weight is 1860 g/mol. The van der Waals surface area contributed by atoms with Crippen molar-refractivity contribution in [2.45, 2.75) is 634 Å². The molecule has 2 aliphatic carbocycles. The van der Waals surface area contributed by atoms with Gasteiger partial charge in [-0.15, -0.1) is 0 Å². The van der Waals surface area contributed by atoms with Crippen molar-refractivity contribution in [2.75, 3.05) is 13.2 Å². The van der Waals surface area contributed by atoms with E-state index in [0.29, 0.717) is 22.9 Å². The minimum absolute atomic E-state index is 0.00174. The van der Waals surface area contributed by atoms with Gasteiger partial charge in [0.2, 0.25) is 0 Å². The topological polar surface area (TPSA) is 303 Å². The third-order valence-electron chi connectivity index (χ3n) is 25.3. The lowest BCUT2D eigenvalue weighted by Gasteiger charge is -2.39. The zero-order valence-corrected chi connectivity index (χ0v) is 99.6. The Labute approximate surface area is 811 Å². The summed E-state index contributed by atoms with van der Waals surface area (Å²) in [6.07, 6.45) is 13.9. The van der Waals surface area contributed by atoms with Gasteiger partial charge in [0.05, 0.1) is 75.7 Å². The Morgan fingerprint density at radius 1 is 0.336 bits per heavy atom. The first-order valence-electron chi connectivity index (χ1n) is 51.3.